The van der Waals surface area contributed by atoms with Gasteiger partial charge >= 0.3 is 6.03 Å². The lowest BCUT2D eigenvalue weighted by molar-refractivity contribution is 0.262. The molecule has 6 nitrogen and oxygen atoms in total. The van der Waals surface area contributed by atoms with E-state index in [2.05, 4.69) is 31.7 Å². The van der Waals surface area contributed by atoms with Crippen molar-refractivity contribution in [2.45, 2.75) is 0 Å². The number of carbonyl (C=O) groups excluding carboxylic acids is 1. The Labute approximate surface area is 153 Å². The van der Waals surface area contributed by atoms with Crippen LogP contribution in [0.2, 0.25) is 0 Å². The second kappa shape index (κ2) is 7.40. The van der Waals surface area contributed by atoms with Crippen molar-refractivity contribution in [1.29, 1.82) is 0 Å². The molecule has 2 amide bonds. The fourth-order valence-corrected chi connectivity index (χ4v) is 3.02. The molecule has 25 heavy (non-hydrogen) atoms. The summed E-state index contributed by atoms with van der Waals surface area (Å²) in [6.07, 6.45) is 1.74. The molecule has 0 fully saturated rings. The van der Waals surface area contributed by atoms with E-state index in [1.54, 1.807) is 42.3 Å². The highest BCUT2D eigenvalue weighted by Crippen LogP contribution is 2.29. The Hall–Kier alpha value is -2.80. The molecule has 2 aromatic carbocycles. The molecule has 2 N–H and O–H groups in total. The largest absolute Gasteiger partial charge is 0.497 e. The van der Waals surface area contributed by atoms with Crippen molar-refractivity contribution >= 4 is 33.3 Å². The summed E-state index contributed by atoms with van der Waals surface area (Å²) in [5.74, 6) is 0.736. The number of halogens is 1. The summed E-state index contributed by atoms with van der Waals surface area (Å²) < 4.78 is 7.77. The molecular weight excluding hydrogens is 384 g/mol. The molecule has 0 saturated carbocycles. The first kappa shape index (κ1) is 17.0. The van der Waals surface area contributed by atoms with Crippen molar-refractivity contribution in [3.63, 3.8) is 0 Å². The van der Waals surface area contributed by atoms with E-state index in [0.29, 0.717) is 11.4 Å². The van der Waals surface area contributed by atoms with Crippen LogP contribution in [0.3, 0.4) is 0 Å². The van der Waals surface area contributed by atoms with Crippen molar-refractivity contribution in [3.05, 3.63) is 59.2 Å². The molecule has 0 unspecified atom stereocenters. The summed E-state index contributed by atoms with van der Waals surface area (Å²) in [4.78, 5) is 12.2. The fraction of sp³-hybridized carbons (Fsp3) is 0.111. The Kier molecular flexibility index (Phi) is 5.04. The molecule has 0 aliphatic heterocycles. The van der Waals surface area contributed by atoms with Crippen LogP contribution in [-0.2, 0) is 7.05 Å². The molecule has 3 rings (SSSR count). The number of nitrogens with zero attached hydrogens (tertiary/aromatic N) is 2. The molecule has 0 aliphatic carbocycles. The van der Waals surface area contributed by atoms with Gasteiger partial charge in [-0.1, -0.05) is 12.1 Å². The number of urea groups is 1. The third-order valence-corrected chi connectivity index (χ3v) is 4.22. The van der Waals surface area contributed by atoms with Gasteiger partial charge < -0.3 is 15.4 Å². The van der Waals surface area contributed by atoms with Gasteiger partial charge in [-0.15, -0.1) is 0 Å². The quantitative estimate of drug-likeness (QED) is 0.677. The normalized spacial score (nSPS) is 10.4. The maximum Gasteiger partial charge on any atom is 0.323 e. The van der Waals surface area contributed by atoms with Crippen LogP contribution in [0.15, 0.2) is 59.2 Å². The predicted molar refractivity (Wildman–Crippen MR) is 102 cm³/mol. The first-order valence-corrected chi connectivity index (χ1v) is 8.36. The number of hydrogen-bond donors (Lipinski definition) is 2. The van der Waals surface area contributed by atoms with E-state index in [-0.39, 0.29) is 6.03 Å². The minimum Gasteiger partial charge on any atom is -0.497 e. The van der Waals surface area contributed by atoms with E-state index < -0.39 is 0 Å². The maximum atomic E-state index is 12.2. The lowest BCUT2D eigenvalue weighted by Crippen LogP contribution is -2.19. The third kappa shape index (κ3) is 4.00. The Morgan fingerprint density at radius 1 is 1.12 bits per heavy atom. The Morgan fingerprint density at radius 3 is 2.48 bits per heavy atom. The van der Waals surface area contributed by atoms with E-state index >= 15 is 0 Å². The summed E-state index contributed by atoms with van der Waals surface area (Å²) in [6, 6.07) is 14.4. The summed E-state index contributed by atoms with van der Waals surface area (Å²) in [5, 5.41) is 9.83. The molecule has 1 heterocycles. The molecule has 128 valence electrons. The van der Waals surface area contributed by atoms with Gasteiger partial charge in [-0.3, -0.25) is 4.68 Å². The minimum atomic E-state index is -0.314. The molecule has 7 heteroatoms. The topological polar surface area (TPSA) is 68.2 Å². The lowest BCUT2D eigenvalue weighted by Gasteiger charge is -2.10. The van der Waals surface area contributed by atoms with Gasteiger partial charge in [0.1, 0.15) is 5.75 Å². The van der Waals surface area contributed by atoms with Gasteiger partial charge in [-0.2, -0.15) is 5.10 Å². The third-order valence-electron chi connectivity index (χ3n) is 3.64. The number of aromatic nitrogens is 2. The molecule has 0 saturated heterocycles. The zero-order valence-corrected chi connectivity index (χ0v) is 15.4. The van der Waals surface area contributed by atoms with Crippen molar-refractivity contribution in [3.8, 4) is 17.0 Å². The Morgan fingerprint density at radius 2 is 1.84 bits per heavy atom. The van der Waals surface area contributed by atoms with Gasteiger partial charge in [0.15, 0.2) is 0 Å². The van der Waals surface area contributed by atoms with Gasteiger partial charge in [-0.25, -0.2) is 4.79 Å². The van der Waals surface area contributed by atoms with Crippen LogP contribution in [0.1, 0.15) is 0 Å². The maximum absolute atomic E-state index is 12.2. The van der Waals surface area contributed by atoms with Gasteiger partial charge in [0.25, 0.3) is 0 Å². The number of nitrogens with one attached hydrogen (secondary N) is 2. The van der Waals surface area contributed by atoms with Crippen molar-refractivity contribution < 1.29 is 9.53 Å². The number of ether oxygens (including phenoxy) is 1. The summed E-state index contributed by atoms with van der Waals surface area (Å²) >= 11 is 3.49. The number of rotatable bonds is 4. The molecular formula is C18H17BrN4O2. The molecule has 0 aliphatic rings. The smallest absolute Gasteiger partial charge is 0.323 e. The van der Waals surface area contributed by atoms with Crippen LogP contribution in [0.25, 0.3) is 11.3 Å². The number of carbonyl (C=O) groups is 1. The van der Waals surface area contributed by atoms with Gasteiger partial charge in [0.05, 0.1) is 23.5 Å². The Balaban J connectivity index is 1.72. The second-order valence-corrected chi connectivity index (χ2v) is 6.21. The highest BCUT2D eigenvalue weighted by Gasteiger charge is 2.10. The van der Waals surface area contributed by atoms with E-state index in [1.807, 2.05) is 31.3 Å². The Bertz CT molecular complexity index is 871. The zero-order chi connectivity index (χ0) is 17.8. The number of benzene rings is 2. The van der Waals surface area contributed by atoms with Gasteiger partial charge in [0.2, 0.25) is 0 Å². The van der Waals surface area contributed by atoms with Crippen molar-refractivity contribution in [2.24, 2.45) is 7.05 Å². The van der Waals surface area contributed by atoms with Crippen LogP contribution >= 0.6 is 15.9 Å². The average Bonchev–Trinajstić information content (AvgIpc) is 2.94. The number of amides is 2. The summed E-state index contributed by atoms with van der Waals surface area (Å²) in [7, 11) is 3.47. The second-order valence-electron chi connectivity index (χ2n) is 5.35. The standard InChI is InChI=1S/C18H17BrN4O2/c1-23-17(16(19)11-20-23)12-4-3-5-14(10-12)22-18(24)21-13-6-8-15(25-2)9-7-13/h3-11H,1-2H3,(H2,21,22,24). The molecule has 3 aromatic rings. The van der Waals surface area contributed by atoms with Crippen LogP contribution in [-0.4, -0.2) is 22.9 Å². The highest BCUT2D eigenvalue weighted by atomic mass is 79.9. The van der Waals surface area contributed by atoms with Crippen molar-refractivity contribution in [2.75, 3.05) is 17.7 Å². The summed E-state index contributed by atoms with van der Waals surface area (Å²) in [6.45, 7) is 0. The predicted octanol–water partition coefficient (Wildman–Crippen LogP) is 4.50. The lowest BCUT2D eigenvalue weighted by atomic mass is 10.1. The number of methoxy groups -OCH3 is 1. The molecule has 0 bridgehead atoms. The summed E-state index contributed by atoms with van der Waals surface area (Å²) in [5.41, 5.74) is 3.27. The van der Waals surface area contributed by atoms with E-state index in [9.17, 15) is 4.79 Å². The molecule has 1 aromatic heterocycles. The number of aryl methyl sites for hydroxylation is 1. The van der Waals surface area contributed by atoms with Crippen LogP contribution in [0.4, 0.5) is 16.2 Å². The fourth-order valence-electron chi connectivity index (χ4n) is 2.45. The first-order valence-electron chi connectivity index (χ1n) is 7.57. The average molecular weight is 401 g/mol. The molecule has 0 radical (unpaired) electrons. The van der Waals surface area contributed by atoms with E-state index in [0.717, 1.165) is 21.5 Å². The zero-order valence-electron chi connectivity index (χ0n) is 13.8. The monoisotopic (exact) mass is 400 g/mol. The van der Waals surface area contributed by atoms with Crippen LogP contribution in [0, 0.1) is 0 Å². The molecule has 0 spiro atoms. The SMILES string of the molecule is COc1ccc(NC(=O)Nc2cccc(-c3c(Br)cnn3C)c2)cc1. The molecule has 0 atom stereocenters. The highest BCUT2D eigenvalue weighted by molar-refractivity contribution is 9.10. The van der Waals surface area contributed by atoms with Crippen LogP contribution in [0.5, 0.6) is 5.75 Å². The van der Waals surface area contributed by atoms with E-state index in [4.69, 9.17) is 4.74 Å². The number of anilines is 2. The van der Waals surface area contributed by atoms with Crippen LogP contribution < -0.4 is 15.4 Å². The van der Waals surface area contributed by atoms with Gasteiger partial charge in [0, 0.05) is 24.0 Å². The number of hydrogen-bond acceptors (Lipinski definition) is 3. The van der Waals surface area contributed by atoms with Crippen molar-refractivity contribution in [1.82, 2.24) is 9.78 Å². The van der Waals surface area contributed by atoms with E-state index in [1.165, 1.54) is 0 Å². The first-order chi connectivity index (χ1) is 12.1. The van der Waals surface area contributed by atoms with Gasteiger partial charge in [-0.05, 0) is 52.3 Å². The minimum absolute atomic E-state index is 0.314.